The number of amides is 1. The number of aromatic nitrogens is 2. The molecule has 3 rings (SSSR count). The fraction of sp³-hybridized carbons (Fsp3) is 0.174. The molecule has 5 nitrogen and oxygen atoms in total. The van der Waals surface area contributed by atoms with Crippen molar-refractivity contribution in [2.45, 2.75) is 19.9 Å². The lowest BCUT2D eigenvalue weighted by molar-refractivity contribution is 0.0987. The van der Waals surface area contributed by atoms with E-state index in [9.17, 15) is 4.79 Å². The van der Waals surface area contributed by atoms with E-state index in [2.05, 4.69) is 40.9 Å². The molecule has 0 bridgehead atoms. The van der Waals surface area contributed by atoms with Crippen molar-refractivity contribution in [3.05, 3.63) is 90.1 Å². The SMILES string of the molecule is C=Cc1cccc(C(=O)N(CC)c2ccnc(N[C@H](C)c3ccccc3)n2)c1. The van der Waals surface area contributed by atoms with Crippen LogP contribution in [0.15, 0.2) is 73.4 Å². The van der Waals surface area contributed by atoms with Crippen LogP contribution in [0.5, 0.6) is 0 Å². The summed E-state index contributed by atoms with van der Waals surface area (Å²) in [5.74, 6) is 0.946. The fourth-order valence-electron chi connectivity index (χ4n) is 2.95. The number of hydrogen-bond donors (Lipinski definition) is 1. The Morgan fingerprint density at radius 2 is 1.96 bits per heavy atom. The van der Waals surface area contributed by atoms with Crippen LogP contribution in [0.2, 0.25) is 0 Å². The summed E-state index contributed by atoms with van der Waals surface area (Å²) in [6, 6.07) is 19.3. The van der Waals surface area contributed by atoms with Gasteiger partial charge < -0.3 is 5.32 Å². The molecule has 0 fully saturated rings. The molecule has 1 heterocycles. The van der Waals surface area contributed by atoms with Crippen LogP contribution in [-0.4, -0.2) is 22.4 Å². The molecule has 1 atom stereocenters. The molecule has 1 amide bonds. The average Bonchev–Trinajstić information content (AvgIpc) is 2.75. The first-order chi connectivity index (χ1) is 13.6. The topological polar surface area (TPSA) is 58.1 Å². The monoisotopic (exact) mass is 372 g/mol. The van der Waals surface area contributed by atoms with E-state index in [1.165, 1.54) is 0 Å². The van der Waals surface area contributed by atoms with Crippen LogP contribution in [0.3, 0.4) is 0 Å². The molecule has 0 radical (unpaired) electrons. The Morgan fingerprint density at radius 1 is 1.18 bits per heavy atom. The van der Waals surface area contributed by atoms with Gasteiger partial charge in [0.15, 0.2) is 0 Å². The lowest BCUT2D eigenvalue weighted by atomic mass is 10.1. The van der Waals surface area contributed by atoms with Crippen molar-refractivity contribution in [1.29, 1.82) is 0 Å². The second-order valence-electron chi connectivity index (χ2n) is 6.39. The summed E-state index contributed by atoms with van der Waals surface area (Å²) in [5.41, 5.74) is 2.65. The maximum atomic E-state index is 13.0. The Labute approximate surface area is 165 Å². The number of benzene rings is 2. The van der Waals surface area contributed by atoms with Crippen LogP contribution in [-0.2, 0) is 0 Å². The molecule has 0 saturated carbocycles. The summed E-state index contributed by atoms with van der Waals surface area (Å²) in [6.45, 7) is 8.24. The molecule has 0 unspecified atom stereocenters. The van der Waals surface area contributed by atoms with Gasteiger partial charge in [0.05, 0.1) is 6.04 Å². The number of anilines is 2. The van der Waals surface area contributed by atoms with Gasteiger partial charge in [0.2, 0.25) is 5.95 Å². The predicted molar refractivity (Wildman–Crippen MR) is 114 cm³/mol. The van der Waals surface area contributed by atoms with Crippen LogP contribution in [0.25, 0.3) is 6.08 Å². The highest BCUT2D eigenvalue weighted by Gasteiger charge is 2.18. The molecule has 5 heteroatoms. The third kappa shape index (κ3) is 4.43. The molecule has 1 aromatic heterocycles. The summed E-state index contributed by atoms with van der Waals surface area (Å²) >= 11 is 0. The van der Waals surface area contributed by atoms with Gasteiger partial charge in [-0.05, 0) is 43.2 Å². The van der Waals surface area contributed by atoms with E-state index < -0.39 is 0 Å². The predicted octanol–water partition coefficient (Wildman–Crippen LogP) is 4.96. The first-order valence-corrected chi connectivity index (χ1v) is 9.31. The van der Waals surface area contributed by atoms with Crippen molar-refractivity contribution in [1.82, 2.24) is 9.97 Å². The van der Waals surface area contributed by atoms with Gasteiger partial charge >= 0.3 is 0 Å². The Hall–Kier alpha value is -3.47. The lowest BCUT2D eigenvalue weighted by Gasteiger charge is -2.21. The highest BCUT2D eigenvalue weighted by atomic mass is 16.2. The maximum absolute atomic E-state index is 13.0. The van der Waals surface area contributed by atoms with Gasteiger partial charge in [0, 0.05) is 18.3 Å². The third-order valence-electron chi connectivity index (χ3n) is 4.49. The molecular weight excluding hydrogens is 348 g/mol. The normalized spacial score (nSPS) is 11.5. The standard InChI is InChI=1S/C23H24N4O/c1-4-18-10-9-13-20(16-18)22(28)27(5-2)21-14-15-24-23(26-21)25-17(3)19-11-7-6-8-12-19/h4,6-17H,1,5H2,2-3H3,(H,24,25,26)/t17-/m1/s1. The minimum Gasteiger partial charge on any atom is -0.348 e. The van der Waals surface area contributed by atoms with Gasteiger partial charge in [-0.15, -0.1) is 0 Å². The van der Waals surface area contributed by atoms with E-state index in [0.717, 1.165) is 11.1 Å². The molecule has 3 aromatic rings. The summed E-state index contributed by atoms with van der Waals surface area (Å²) in [5, 5.41) is 3.30. The van der Waals surface area contributed by atoms with Gasteiger partial charge in [0.1, 0.15) is 5.82 Å². The Bertz CT molecular complexity index is 956. The highest BCUT2D eigenvalue weighted by Crippen LogP contribution is 2.20. The number of rotatable bonds is 7. The van der Waals surface area contributed by atoms with E-state index in [1.807, 2.05) is 43.3 Å². The number of hydrogen-bond acceptors (Lipinski definition) is 4. The lowest BCUT2D eigenvalue weighted by Crippen LogP contribution is -2.31. The van der Waals surface area contributed by atoms with E-state index in [-0.39, 0.29) is 11.9 Å². The molecule has 2 aromatic carbocycles. The zero-order valence-electron chi connectivity index (χ0n) is 16.2. The number of nitrogens with zero attached hydrogens (tertiary/aromatic N) is 3. The zero-order valence-corrected chi connectivity index (χ0v) is 16.2. The second kappa shape index (κ2) is 8.95. The minimum atomic E-state index is -0.105. The fourth-order valence-corrected chi connectivity index (χ4v) is 2.95. The van der Waals surface area contributed by atoms with Crippen molar-refractivity contribution < 1.29 is 4.79 Å². The quantitative estimate of drug-likeness (QED) is 0.637. The first-order valence-electron chi connectivity index (χ1n) is 9.31. The van der Waals surface area contributed by atoms with E-state index >= 15 is 0 Å². The molecule has 142 valence electrons. The van der Waals surface area contributed by atoms with E-state index in [4.69, 9.17) is 0 Å². The van der Waals surface area contributed by atoms with Crippen LogP contribution >= 0.6 is 0 Å². The molecule has 0 aliphatic rings. The average molecular weight is 372 g/mol. The molecule has 28 heavy (non-hydrogen) atoms. The van der Waals surface area contributed by atoms with Crippen molar-refractivity contribution in [3.63, 3.8) is 0 Å². The Morgan fingerprint density at radius 3 is 2.68 bits per heavy atom. The van der Waals surface area contributed by atoms with Gasteiger partial charge in [-0.1, -0.05) is 55.1 Å². The van der Waals surface area contributed by atoms with Crippen molar-refractivity contribution in [2.75, 3.05) is 16.8 Å². The van der Waals surface area contributed by atoms with E-state index in [0.29, 0.717) is 23.9 Å². The molecular formula is C23H24N4O. The summed E-state index contributed by atoms with van der Waals surface area (Å²) < 4.78 is 0. The van der Waals surface area contributed by atoms with Crippen molar-refractivity contribution in [2.24, 2.45) is 0 Å². The first kappa shape index (κ1) is 19.3. The van der Waals surface area contributed by atoms with Gasteiger partial charge in [-0.2, -0.15) is 4.98 Å². The Kier molecular flexibility index (Phi) is 6.17. The third-order valence-corrected chi connectivity index (χ3v) is 4.49. The van der Waals surface area contributed by atoms with Crippen molar-refractivity contribution in [3.8, 4) is 0 Å². The van der Waals surface area contributed by atoms with Gasteiger partial charge in [0.25, 0.3) is 5.91 Å². The van der Waals surface area contributed by atoms with Crippen molar-refractivity contribution >= 4 is 23.7 Å². The largest absolute Gasteiger partial charge is 0.348 e. The van der Waals surface area contributed by atoms with E-state index in [1.54, 1.807) is 29.3 Å². The molecule has 1 N–H and O–H groups in total. The van der Waals surface area contributed by atoms with Crippen LogP contribution < -0.4 is 10.2 Å². The number of carbonyl (C=O) groups is 1. The van der Waals surface area contributed by atoms with Crippen LogP contribution in [0, 0.1) is 0 Å². The summed E-state index contributed by atoms with van der Waals surface area (Å²) in [6.07, 6.45) is 3.39. The second-order valence-corrected chi connectivity index (χ2v) is 6.39. The highest BCUT2D eigenvalue weighted by molar-refractivity contribution is 6.05. The number of carbonyl (C=O) groups excluding carboxylic acids is 1. The number of nitrogens with one attached hydrogen (secondary N) is 1. The van der Waals surface area contributed by atoms with Gasteiger partial charge in [-0.3, -0.25) is 9.69 Å². The molecule has 0 saturated heterocycles. The smallest absolute Gasteiger partial charge is 0.259 e. The van der Waals surface area contributed by atoms with Gasteiger partial charge in [-0.25, -0.2) is 4.98 Å². The van der Waals surface area contributed by atoms with Crippen LogP contribution in [0.1, 0.15) is 41.4 Å². The summed E-state index contributed by atoms with van der Waals surface area (Å²) in [4.78, 5) is 23.5. The molecule has 0 spiro atoms. The maximum Gasteiger partial charge on any atom is 0.259 e. The minimum absolute atomic E-state index is 0.0477. The van der Waals surface area contributed by atoms with Crippen LogP contribution in [0.4, 0.5) is 11.8 Å². The summed E-state index contributed by atoms with van der Waals surface area (Å²) in [7, 11) is 0. The molecule has 0 aliphatic carbocycles. The zero-order chi connectivity index (χ0) is 19.9. The Balaban J connectivity index is 1.82. The molecule has 0 aliphatic heterocycles.